The highest BCUT2D eigenvalue weighted by molar-refractivity contribution is 5.77. The lowest BCUT2D eigenvalue weighted by molar-refractivity contribution is -0.135. The Morgan fingerprint density at radius 3 is 2.48 bits per heavy atom. The number of para-hydroxylation sites is 1. The first-order valence-electron chi connectivity index (χ1n) is 10.9. The number of amides is 1. The smallest absolute Gasteiger partial charge is 0.248 e. The molecule has 6 heteroatoms. The number of carbonyl (C=O) groups is 1. The van der Waals surface area contributed by atoms with E-state index in [0.717, 1.165) is 37.4 Å². The van der Waals surface area contributed by atoms with Gasteiger partial charge >= 0.3 is 0 Å². The van der Waals surface area contributed by atoms with Gasteiger partial charge in [-0.1, -0.05) is 48.5 Å². The Morgan fingerprint density at radius 1 is 1.10 bits per heavy atom. The summed E-state index contributed by atoms with van der Waals surface area (Å²) < 4.78 is 7.14. The molecule has 2 heterocycles. The van der Waals surface area contributed by atoms with Crippen molar-refractivity contribution in [2.24, 2.45) is 0 Å². The van der Waals surface area contributed by atoms with Crippen LogP contribution in [0.25, 0.3) is 5.69 Å². The number of aromatic nitrogens is 2. The van der Waals surface area contributed by atoms with Crippen molar-refractivity contribution in [1.29, 1.82) is 0 Å². The van der Waals surface area contributed by atoms with Gasteiger partial charge in [0.1, 0.15) is 6.61 Å². The molecule has 1 amide bonds. The maximum Gasteiger partial charge on any atom is 0.248 e. The molecule has 162 valence electrons. The van der Waals surface area contributed by atoms with Crippen LogP contribution in [0.15, 0.2) is 60.7 Å². The van der Waals surface area contributed by atoms with E-state index in [1.165, 1.54) is 16.8 Å². The fourth-order valence-corrected chi connectivity index (χ4v) is 4.20. The number of fused-ring (bicyclic) bond motifs is 1. The number of hydrogen-bond donors (Lipinski definition) is 0. The van der Waals surface area contributed by atoms with Gasteiger partial charge in [0.2, 0.25) is 5.91 Å². The molecular weight excluding hydrogens is 388 g/mol. The van der Waals surface area contributed by atoms with Crippen LogP contribution in [-0.4, -0.2) is 52.3 Å². The summed E-state index contributed by atoms with van der Waals surface area (Å²) in [7, 11) is 1.55. The lowest BCUT2D eigenvalue weighted by Crippen LogP contribution is -2.34. The van der Waals surface area contributed by atoms with Gasteiger partial charge in [-0.25, -0.2) is 4.68 Å². The minimum absolute atomic E-state index is 0.00929. The molecule has 0 spiro atoms. The molecule has 4 rings (SSSR count). The summed E-state index contributed by atoms with van der Waals surface area (Å²) in [6, 6.07) is 20.8. The molecule has 1 aliphatic heterocycles. The molecule has 0 aliphatic carbocycles. The van der Waals surface area contributed by atoms with E-state index in [1.54, 1.807) is 7.11 Å². The van der Waals surface area contributed by atoms with Crippen LogP contribution in [0.1, 0.15) is 29.4 Å². The SMILES string of the molecule is CCN(Cc1nn(-c2ccccc2)c2c1CN(Cc1ccccc1)CC2)C(=O)COC. The highest BCUT2D eigenvalue weighted by Gasteiger charge is 2.27. The fourth-order valence-electron chi connectivity index (χ4n) is 4.20. The monoisotopic (exact) mass is 418 g/mol. The third kappa shape index (κ3) is 4.86. The zero-order chi connectivity index (χ0) is 21.6. The Labute approximate surface area is 184 Å². The Balaban J connectivity index is 1.64. The van der Waals surface area contributed by atoms with E-state index in [9.17, 15) is 4.79 Å². The molecule has 0 radical (unpaired) electrons. The summed E-state index contributed by atoms with van der Waals surface area (Å²) in [5.74, 6) is -0.00929. The van der Waals surface area contributed by atoms with Gasteiger partial charge in [0, 0.05) is 45.3 Å². The Hall–Kier alpha value is -2.96. The van der Waals surface area contributed by atoms with Crippen LogP contribution in [-0.2, 0) is 35.6 Å². The zero-order valence-electron chi connectivity index (χ0n) is 18.3. The average molecular weight is 419 g/mol. The number of likely N-dealkylation sites (N-methyl/N-ethyl adjacent to an activating group) is 1. The van der Waals surface area contributed by atoms with Crippen LogP contribution in [0, 0.1) is 0 Å². The molecule has 6 nitrogen and oxygen atoms in total. The topological polar surface area (TPSA) is 50.6 Å². The van der Waals surface area contributed by atoms with Gasteiger partial charge in [0.15, 0.2) is 0 Å². The Morgan fingerprint density at radius 2 is 1.81 bits per heavy atom. The van der Waals surface area contributed by atoms with E-state index in [-0.39, 0.29) is 12.5 Å². The van der Waals surface area contributed by atoms with Crippen molar-refractivity contribution in [3.05, 3.63) is 83.2 Å². The van der Waals surface area contributed by atoms with Crippen molar-refractivity contribution in [3.8, 4) is 5.69 Å². The summed E-state index contributed by atoms with van der Waals surface area (Å²) in [5.41, 5.74) is 5.85. The largest absolute Gasteiger partial charge is 0.375 e. The van der Waals surface area contributed by atoms with Crippen LogP contribution in [0.2, 0.25) is 0 Å². The van der Waals surface area contributed by atoms with Crippen LogP contribution in [0.3, 0.4) is 0 Å². The van der Waals surface area contributed by atoms with E-state index in [0.29, 0.717) is 13.1 Å². The first kappa shape index (κ1) is 21.3. The predicted molar refractivity (Wildman–Crippen MR) is 121 cm³/mol. The molecule has 0 unspecified atom stereocenters. The number of methoxy groups -OCH3 is 1. The molecule has 1 aliphatic rings. The molecule has 0 bridgehead atoms. The van der Waals surface area contributed by atoms with Gasteiger partial charge in [-0.15, -0.1) is 0 Å². The normalized spacial score (nSPS) is 13.7. The first-order valence-corrected chi connectivity index (χ1v) is 10.9. The van der Waals surface area contributed by atoms with E-state index in [2.05, 4.69) is 52.0 Å². The second kappa shape index (κ2) is 9.90. The summed E-state index contributed by atoms with van der Waals surface area (Å²) in [4.78, 5) is 16.8. The highest BCUT2D eigenvalue weighted by atomic mass is 16.5. The molecule has 31 heavy (non-hydrogen) atoms. The fraction of sp³-hybridized carbons (Fsp3) is 0.360. The third-order valence-electron chi connectivity index (χ3n) is 5.81. The lowest BCUT2D eigenvalue weighted by Gasteiger charge is -2.28. The molecule has 3 aromatic rings. The van der Waals surface area contributed by atoms with E-state index < -0.39 is 0 Å². The molecule has 0 N–H and O–H groups in total. The van der Waals surface area contributed by atoms with Crippen LogP contribution < -0.4 is 0 Å². The number of rotatable bonds is 8. The van der Waals surface area contributed by atoms with Crippen molar-refractivity contribution in [2.45, 2.75) is 33.0 Å². The minimum atomic E-state index is -0.00929. The molecule has 1 aromatic heterocycles. The van der Waals surface area contributed by atoms with E-state index in [4.69, 9.17) is 9.84 Å². The third-order valence-corrected chi connectivity index (χ3v) is 5.81. The molecular formula is C25H30N4O2. The lowest BCUT2D eigenvalue weighted by atomic mass is 10.0. The van der Waals surface area contributed by atoms with Crippen molar-refractivity contribution < 1.29 is 9.53 Å². The van der Waals surface area contributed by atoms with Crippen LogP contribution >= 0.6 is 0 Å². The first-order chi connectivity index (χ1) is 15.2. The van der Waals surface area contributed by atoms with Crippen LogP contribution in [0.5, 0.6) is 0 Å². The molecule has 0 atom stereocenters. The van der Waals surface area contributed by atoms with E-state index >= 15 is 0 Å². The second-order valence-electron chi connectivity index (χ2n) is 7.91. The quantitative estimate of drug-likeness (QED) is 0.562. The van der Waals surface area contributed by atoms with Crippen molar-refractivity contribution >= 4 is 5.91 Å². The summed E-state index contributed by atoms with van der Waals surface area (Å²) >= 11 is 0. The predicted octanol–water partition coefficient (Wildman–Crippen LogP) is 3.43. The Kier molecular flexibility index (Phi) is 6.79. The summed E-state index contributed by atoms with van der Waals surface area (Å²) in [6.07, 6.45) is 0.933. The van der Waals surface area contributed by atoms with E-state index in [1.807, 2.05) is 30.0 Å². The number of hydrogen-bond acceptors (Lipinski definition) is 4. The van der Waals surface area contributed by atoms with Crippen molar-refractivity contribution in [2.75, 3.05) is 26.8 Å². The van der Waals surface area contributed by atoms with Crippen LogP contribution in [0.4, 0.5) is 0 Å². The maximum atomic E-state index is 12.5. The van der Waals surface area contributed by atoms with Gasteiger partial charge < -0.3 is 9.64 Å². The molecule has 0 fully saturated rings. The van der Waals surface area contributed by atoms with Crippen molar-refractivity contribution in [3.63, 3.8) is 0 Å². The Bertz CT molecular complexity index is 1000. The second-order valence-corrected chi connectivity index (χ2v) is 7.91. The number of nitrogens with zero attached hydrogens (tertiary/aromatic N) is 4. The number of ether oxygens (including phenoxy) is 1. The van der Waals surface area contributed by atoms with Gasteiger partial charge in [0.05, 0.1) is 23.6 Å². The summed E-state index contributed by atoms with van der Waals surface area (Å²) in [5, 5.41) is 4.99. The maximum absolute atomic E-state index is 12.5. The van der Waals surface area contributed by atoms with Gasteiger partial charge in [0.25, 0.3) is 0 Å². The van der Waals surface area contributed by atoms with Gasteiger partial charge in [-0.05, 0) is 24.6 Å². The minimum Gasteiger partial charge on any atom is -0.375 e. The highest BCUT2D eigenvalue weighted by Crippen LogP contribution is 2.27. The van der Waals surface area contributed by atoms with Gasteiger partial charge in [-0.3, -0.25) is 9.69 Å². The number of carbonyl (C=O) groups excluding carboxylic acids is 1. The molecule has 2 aromatic carbocycles. The zero-order valence-corrected chi connectivity index (χ0v) is 18.3. The standard InChI is InChI=1S/C25H30N4O2/c1-3-28(25(30)19-31-2)18-23-22-17-27(16-20-10-6-4-7-11-20)15-14-24(22)29(26-23)21-12-8-5-9-13-21/h4-13H,3,14-19H2,1-2H3. The average Bonchev–Trinajstić information content (AvgIpc) is 3.16. The molecule has 0 saturated carbocycles. The summed E-state index contributed by atoms with van der Waals surface area (Å²) in [6.45, 7) is 5.95. The van der Waals surface area contributed by atoms with Crippen molar-refractivity contribution in [1.82, 2.24) is 19.6 Å². The van der Waals surface area contributed by atoms with Gasteiger partial charge in [-0.2, -0.15) is 5.10 Å². The molecule has 0 saturated heterocycles. The number of benzene rings is 2.